The second-order valence-corrected chi connectivity index (χ2v) is 12.4. The molecule has 1 aliphatic carbocycles. The lowest BCUT2D eigenvalue weighted by molar-refractivity contribution is 0.0746. The molecule has 1 saturated carbocycles. The standard InChI is InChI=1S/C37H44FN3O3/c1-25(2)44-22-21-39-37(43)33-19-20-35-34(26(33)3)24-41(40-35)23-27-7-4-5-9-30(10-6-8-27)36(42)31-13-11-28(12-14-31)29-15-17-32(38)18-16-29/h11-20,24-25,27,30H,4-10,21-23H2,1-3H3,(H,39,43). The lowest BCUT2D eigenvalue weighted by atomic mass is 9.88. The van der Waals surface area contributed by atoms with E-state index in [4.69, 9.17) is 9.84 Å². The molecule has 2 unspecified atom stereocenters. The van der Waals surface area contributed by atoms with E-state index in [-0.39, 0.29) is 29.5 Å². The topological polar surface area (TPSA) is 73.2 Å². The molecule has 5 rings (SSSR count). The number of fused-ring (bicyclic) bond motifs is 1. The number of benzene rings is 3. The first-order valence-electron chi connectivity index (χ1n) is 16.0. The van der Waals surface area contributed by atoms with Crippen molar-refractivity contribution < 1.29 is 18.7 Å². The van der Waals surface area contributed by atoms with Gasteiger partial charge in [-0.3, -0.25) is 14.3 Å². The molecule has 1 fully saturated rings. The fourth-order valence-electron chi connectivity index (χ4n) is 6.35. The average Bonchev–Trinajstić information content (AvgIpc) is 3.48. The van der Waals surface area contributed by atoms with E-state index < -0.39 is 0 Å². The summed E-state index contributed by atoms with van der Waals surface area (Å²) in [7, 11) is 0. The quantitative estimate of drug-likeness (QED) is 0.148. The number of ether oxygens (including phenoxy) is 1. The summed E-state index contributed by atoms with van der Waals surface area (Å²) in [4.78, 5) is 26.3. The monoisotopic (exact) mass is 597 g/mol. The molecule has 0 spiro atoms. The number of amides is 1. The fourth-order valence-corrected chi connectivity index (χ4v) is 6.35. The minimum atomic E-state index is -0.254. The van der Waals surface area contributed by atoms with Gasteiger partial charge in [0.25, 0.3) is 5.91 Å². The average molecular weight is 598 g/mol. The first kappa shape index (κ1) is 31.6. The Morgan fingerprint density at radius 1 is 0.932 bits per heavy atom. The van der Waals surface area contributed by atoms with Gasteiger partial charge < -0.3 is 10.1 Å². The zero-order valence-electron chi connectivity index (χ0n) is 26.2. The van der Waals surface area contributed by atoms with Crippen LogP contribution in [0.5, 0.6) is 0 Å². The molecule has 1 amide bonds. The summed E-state index contributed by atoms with van der Waals surface area (Å²) >= 11 is 0. The van der Waals surface area contributed by atoms with Gasteiger partial charge in [0.2, 0.25) is 0 Å². The van der Waals surface area contributed by atoms with E-state index >= 15 is 0 Å². The molecule has 1 aromatic heterocycles. The van der Waals surface area contributed by atoms with Crippen LogP contribution in [-0.2, 0) is 11.3 Å². The van der Waals surface area contributed by atoms with Crippen LogP contribution in [0.2, 0.25) is 0 Å². The van der Waals surface area contributed by atoms with Crippen LogP contribution in [-0.4, -0.2) is 40.7 Å². The van der Waals surface area contributed by atoms with Gasteiger partial charge in [-0.05, 0) is 93.3 Å². The molecule has 0 bridgehead atoms. The zero-order valence-corrected chi connectivity index (χ0v) is 26.2. The largest absolute Gasteiger partial charge is 0.377 e. The Bertz CT molecular complexity index is 1560. The minimum Gasteiger partial charge on any atom is -0.377 e. The molecule has 0 radical (unpaired) electrons. The van der Waals surface area contributed by atoms with Gasteiger partial charge in [-0.25, -0.2) is 4.39 Å². The Morgan fingerprint density at radius 3 is 2.32 bits per heavy atom. The predicted octanol–water partition coefficient (Wildman–Crippen LogP) is 8.17. The molecule has 232 valence electrons. The Kier molecular flexibility index (Phi) is 10.6. The maximum absolute atomic E-state index is 13.5. The third-order valence-corrected chi connectivity index (χ3v) is 8.83. The van der Waals surface area contributed by atoms with Gasteiger partial charge in [0, 0.05) is 41.7 Å². The molecule has 2 atom stereocenters. The van der Waals surface area contributed by atoms with Crippen LogP contribution in [0.15, 0.2) is 66.9 Å². The van der Waals surface area contributed by atoms with E-state index in [9.17, 15) is 14.0 Å². The Labute approximate surface area is 260 Å². The number of ketones is 1. The molecule has 44 heavy (non-hydrogen) atoms. The first-order chi connectivity index (χ1) is 21.3. The number of aryl methyl sites for hydroxylation is 1. The van der Waals surface area contributed by atoms with Crippen LogP contribution >= 0.6 is 0 Å². The number of nitrogens with one attached hydrogen (secondary N) is 1. The molecular formula is C37H44FN3O3. The third-order valence-electron chi connectivity index (χ3n) is 8.83. The number of carbonyl (C=O) groups is 2. The van der Waals surface area contributed by atoms with Crippen LogP contribution in [0, 0.1) is 24.6 Å². The zero-order chi connectivity index (χ0) is 31.1. The summed E-state index contributed by atoms with van der Waals surface area (Å²) in [6.07, 6.45) is 9.38. The summed E-state index contributed by atoms with van der Waals surface area (Å²) in [5, 5.41) is 8.82. The summed E-state index contributed by atoms with van der Waals surface area (Å²) in [6.45, 7) is 7.75. The van der Waals surface area contributed by atoms with Gasteiger partial charge in [-0.2, -0.15) is 5.10 Å². The summed E-state index contributed by atoms with van der Waals surface area (Å²) in [5.41, 5.74) is 5.19. The van der Waals surface area contributed by atoms with E-state index in [2.05, 4.69) is 11.5 Å². The van der Waals surface area contributed by atoms with Crippen molar-refractivity contribution in [3.05, 3.63) is 89.4 Å². The van der Waals surface area contributed by atoms with Gasteiger partial charge in [-0.1, -0.05) is 55.7 Å². The van der Waals surface area contributed by atoms with Crippen molar-refractivity contribution in [2.24, 2.45) is 11.8 Å². The van der Waals surface area contributed by atoms with Crippen LogP contribution in [0.4, 0.5) is 4.39 Å². The molecule has 1 N–H and O–H groups in total. The van der Waals surface area contributed by atoms with Gasteiger partial charge in [0.05, 0.1) is 18.2 Å². The van der Waals surface area contributed by atoms with Gasteiger partial charge in [0.1, 0.15) is 5.82 Å². The molecule has 3 aromatic carbocycles. The molecule has 1 heterocycles. The first-order valence-corrected chi connectivity index (χ1v) is 16.0. The van der Waals surface area contributed by atoms with Crippen LogP contribution in [0.1, 0.15) is 85.1 Å². The van der Waals surface area contributed by atoms with Gasteiger partial charge >= 0.3 is 0 Å². The maximum Gasteiger partial charge on any atom is 0.251 e. The molecule has 6 nitrogen and oxygen atoms in total. The molecule has 1 aliphatic rings. The van der Waals surface area contributed by atoms with Crippen molar-refractivity contribution in [1.29, 1.82) is 0 Å². The smallest absolute Gasteiger partial charge is 0.251 e. The number of Topliss-reactive ketones (excluding diaryl/α,β-unsaturated/α-hetero) is 1. The summed E-state index contributed by atoms with van der Waals surface area (Å²) in [5.74, 6) is 0.429. The van der Waals surface area contributed by atoms with Crippen LogP contribution in [0.25, 0.3) is 22.0 Å². The number of rotatable bonds is 10. The van der Waals surface area contributed by atoms with E-state index in [0.717, 1.165) is 84.6 Å². The summed E-state index contributed by atoms with van der Waals surface area (Å²) < 4.78 is 20.9. The second kappa shape index (κ2) is 14.8. The second-order valence-electron chi connectivity index (χ2n) is 12.4. The van der Waals surface area contributed by atoms with E-state index in [1.807, 2.05) is 61.9 Å². The lowest BCUT2D eigenvalue weighted by Crippen LogP contribution is -2.28. The minimum absolute atomic E-state index is 0.0434. The third kappa shape index (κ3) is 8.00. The lowest BCUT2D eigenvalue weighted by Gasteiger charge is -2.16. The van der Waals surface area contributed by atoms with Crippen LogP contribution < -0.4 is 5.32 Å². The van der Waals surface area contributed by atoms with Crippen molar-refractivity contribution in [3.8, 4) is 11.1 Å². The molecule has 0 aliphatic heterocycles. The van der Waals surface area contributed by atoms with Crippen molar-refractivity contribution in [1.82, 2.24) is 15.1 Å². The van der Waals surface area contributed by atoms with E-state index in [1.54, 1.807) is 12.1 Å². The number of carbonyl (C=O) groups excluding carboxylic acids is 2. The van der Waals surface area contributed by atoms with Crippen LogP contribution in [0.3, 0.4) is 0 Å². The number of hydrogen-bond acceptors (Lipinski definition) is 4. The predicted molar refractivity (Wildman–Crippen MR) is 173 cm³/mol. The number of nitrogens with zero attached hydrogens (tertiary/aromatic N) is 2. The van der Waals surface area contributed by atoms with E-state index in [1.165, 1.54) is 12.1 Å². The number of aromatic nitrogens is 2. The van der Waals surface area contributed by atoms with Gasteiger partial charge in [-0.15, -0.1) is 0 Å². The SMILES string of the molecule is Cc1c(C(=O)NCCOC(C)C)ccc2nn(CC3CCCCC(C(=O)c4ccc(-c5ccc(F)cc5)cc4)CCC3)cc12. The molecule has 7 heteroatoms. The fraction of sp³-hybridized carbons (Fsp3) is 0.432. The molecule has 0 saturated heterocycles. The summed E-state index contributed by atoms with van der Waals surface area (Å²) in [6, 6.07) is 18.0. The molecular weight excluding hydrogens is 553 g/mol. The highest BCUT2D eigenvalue weighted by Gasteiger charge is 2.23. The van der Waals surface area contributed by atoms with Crippen molar-refractivity contribution in [2.45, 2.75) is 78.4 Å². The van der Waals surface area contributed by atoms with Crippen molar-refractivity contribution in [2.75, 3.05) is 13.2 Å². The van der Waals surface area contributed by atoms with Gasteiger partial charge in [0.15, 0.2) is 5.78 Å². The molecule has 4 aromatic rings. The van der Waals surface area contributed by atoms with E-state index in [0.29, 0.717) is 24.6 Å². The normalized spacial score (nSPS) is 17.7. The highest BCUT2D eigenvalue weighted by Crippen LogP contribution is 2.30. The Balaban J connectivity index is 1.17. The van der Waals surface area contributed by atoms with Crippen molar-refractivity contribution >= 4 is 22.6 Å². The highest BCUT2D eigenvalue weighted by molar-refractivity contribution is 6.00. The maximum atomic E-state index is 13.5. The Morgan fingerprint density at radius 2 is 1.59 bits per heavy atom. The number of halogens is 1. The highest BCUT2D eigenvalue weighted by atomic mass is 19.1. The van der Waals surface area contributed by atoms with Crippen molar-refractivity contribution in [3.63, 3.8) is 0 Å². The number of hydrogen-bond donors (Lipinski definition) is 1. The Hall–Kier alpha value is -3.84.